The number of nitrogens with one attached hydrogen (secondary N) is 1. The molecule has 0 amide bonds. The van der Waals surface area contributed by atoms with Gasteiger partial charge in [-0.1, -0.05) is 20.3 Å². The van der Waals surface area contributed by atoms with Gasteiger partial charge in [0.25, 0.3) is 0 Å². The Morgan fingerprint density at radius 1 is 0.950 bits per heavy atom. The van der Waals surface area contributed by atoms with Crippen LogP contribution in [-0.4, -0.2) is 63.5 Å². The summed E-state index contributed by atoms with van der Waals surface area (Å²) in [4.78, 5) is 2.53. The third kappa shape index (κ3) is 8.20. The molecule has 122 valence electrons. The van der Waals surface area contributed by atoms with Crippen molar-refractivity contribution in [1.29, 1.82) is 0 Å². The Bertz CT molecular complexity index is 193. The van der Waals surface area contributed by atoms with Crippen molar-refractivity contribution in [3.05, 3.63) is 0 Å². The van der Waals surface area contributed by atoms with Crippen LogP contribution < -0.4 is 5.32 Å². The number of hydrogen-bond acceptors (Lipinski definition) is 4. The van der Waals surface area contributed by atoms with Crippen molar-refractivity contribution >= 4 is 0 Å². The molecule has 0 aliphatic carbocycles. The molecular formula is C16H36N2O2. The van der Waals surface area contributed by atoms with Gasteiger partial charge in [-0.05, 0) is 33.7 Å². The SMILES string of the molecule is CCCC(NC)C(CC)N(CCOCC)CCOCC. The molecule has 0 aliphatic rings. The molecule has 0 radical (unpaired) electrons. The molecule has 20 heavy (non-hydrogen) atoms. The zero-order valence-corrected chi connectivity index (χ0v) is 14.3. The summed E-state index contributed by atoms with van der Waals surface area (Å²) in [7, 11) is 2.08. The third-order valence-corrected chi connectivity index (χ3v) is 3.78. The van der Waals surface area contributed by atoms with Gasteiger partial charge in [-0.2, -0.15) is 0 Å². The smallest absolute Gasteiger partial charge is 0.0593 e. The van der Waals surface area contributed by atoms with E-state index in [-0.39, 0.29) is 0 Å². The van der Waals surface area contributed by atoms with Crippen LogP contribution in [0.25, 0.3) is 0 Å². The molecule has 1 N–H and O–H groups in total. The molecule has 0 aromatic carbocycles. The van der Waals surface area contributed by atoms with Crippen LogP contribution in [0.2, 0.25) is 0 Å². The highest BCUT2D eigenvalue weighted by Crippen LogP contribution is 2.13. The summed E-state index contributed by atoms with van der Waals surface area (Å²) in [6.45, 7) is 13.8. The minimum absolute atomic E-state index is 0.549. The minimum atomic E-state index is 0.549. The van der Waals surface area contributed by atoms with Gasteiger partial charge in [-0.3, -0.25) is 4.90 Å². The molecule has 0 aromatic heterocycles. The fourth-order valence-corrected chi connectivity index (χ4v) is 2.73. The second-order valence-corrected chi connectivity index (χ2v) is 5.09. The van der Waals surface area contributed by atoms with E-state index >= 15 is 0 Å². The first-order valence-electron chi connectivity index (χ1n) is 8.31. The van der Waals surface area contributed by atoms with Gasteiger partial charge in [0.2, 0.25) is 0 Å². The van der Waals surface area contributed by atoms with Crippen molar-refractivity contribution in [2.45, 2.75) is 59.0 Å². The van der Waals surface area contributed by atoms with E-state index in [0.717, 1.165) is 45.9 Å². The van der Waals surface area contributed by atoms with Crippen molar-refractivity contribution < 1.29 is 9.47 Å². The van der Waals surface area contributed by atoms with Crippen LogP contribution >= 0.6 is 0 Å². The van der Waals surface area contributed by atoms with Crippen LogP contribution in [0.1, 0.15) is 47.0 Å². The Balaban J connectivity index is 4.54. The van der Waals surface area contributed by atoms with Crippen LogP contribution in [0.4, 0.5) is 0 Å². The number of likely N-dealkylation sites (N-methyl/N-ethyl adjacent to an activating group) is 1. The normalized spacial score (nSPS) is 14.7. The van der Waals surface area contributed by atoms with Gasteiger partial charge < -0.3 is 14.8 Å². The first-order chi connectivity index (χ1) is 9.74. The summed E-state index contributed by atoms with van der Waals surface area (Å²) >= 11 is 0. The minimum Gasteiger partial charge on any atom is -0.380 e. The van der Waals surface area contributed by atoms with Crippen molar-refractivity contribution in [3.63, 3.8) is 0 Å². The lowest BCUT2D eigenvalue weighted by atomic mass is 9.99. The summed E-state index contributed by atoms with van der Waals surface area (Å²) in [5.74, 6) is 0. The third-order valence-electron chi connectivity index (χ3n) is 3.78. The monoisotopic (exact) mass is 288 g/mol. The predicted octanol–water partition coefficient (Wildman–Crippen LogP) is 2.53. The van der Waals surface area contributed by atoms with Crippen LogP contribution in [0.15, 0.2) is 0 Å². The number of hydrogen-bond donors (Lipinski definition) is 1. The fraction of sp³-hybridized carbons (Fsp3) is 1.00. The predicted molar refractivity (Wildman–Crippen MR) is 86.4 cm³/mol. The second-order valence-electron chi connectivity index (χ2n) is 5.09. The van der Waals surface area contributed by atoms with Crippen LogP contribution in [0.5, 0.6) is 0 Å². The Labute approximate surface area is 126 Å². The van der Waals surface area contributed by atoms with E-state index in [1.807, 2.05) is 0 Å². The number of ether oxygens (including phenoxy) is 2. The molecule has 4 nitrogen and oxygen atoms in total. The van der Waals surface area contributed by atoms with Crippen molar-refractivity contribution in [2.24, 2.45) is 0 Å². The highest BCUT2D eigenvalue weighted by molar-refractivity contribution is 4.82. The van der Waals surface area contributed by atoms with Gasteiger partial charge in [0, 0.05) is 38.4 Å². The van der Waals surface area contributed by atoms with Gasteiger partial charge in [0.05, 0.1) is 13.2 Å². The van der Waals surface area contributed by atoms with Gasteiger partial charge in [-0.15, -0.1) is 0 Å². The first kappa shape index (κ1) is 19.8. The number of nitrogens with zero attached hydrogens (tertiary/aromatic N) is 1. The maximum Gasteiger partial charge on any atom is 0.0593 e. The lowest BCUT2D eigenvalue weighted by molar-refractivity contribution is 0.0509. The highest BCUT2D eigenvalue weighted by atomic mass is 16.5. The Morgan fingerprint density at radius 2 is 1.50 bits per heavy atom. The summed E-state index contributed by atoms with van der Waals surface area (Å²) in [5, 5.41) is 3.49. The lowest BCUT2D eigenvalue weighted by Crippen LogP contribution is -2.50. The van der Waals surface area contributed by atoms with E-state index in [1.54, 1.807) is 0 Å². The van der Waals surface area contributed by atoms with Gasteiger partial charge in [-0.25, -0.2) is 0 Å². The topological polar surface area (TPSA) is 33.7 Å². The molecule has 0 saturated heterocycles. The quantitative estimate of drug-likeness (QED) is 0.498. The molecule has 2 unspecified atom stereocenters. The number of rotatable bonds is 14. The van der Waals surface area contributed by atoms with E-state index in [0.29, 0.717) is 12.1 Å². The molecule has 0 saturated carbocycles. The van der Waals surface area contributed by atoms with Gasteiger partial charge in [0.15, 0.2) is 0 Å². The summed E-state index contributed by atoms with van der Waals surface area (Å²) in [5.41, 5.74) is 0. The van der Waals surface area contributed by atoms with Crippen LogP contribution in [-0.2, 0) is 9.47 Å². The Morgan fingerprint density at radius 3 is 1.85 bits per heavy atom. The van der Waals surface area contributed by atoms with Crippen LogP contribution in [0, 0.1) is 0 Å². The van der Waals surface area contributed by atoms with Crippen LogP contribution in [0.3, 0.4) is 0 Å². The van der Waals surface area contributed by atoms with Crippen molar-refractivity contribution in [2.75, 3.05) is 46.6 Å². The van der Waals surface area contributed by atoms with Crippen molar-refractivity contribution in [1.82, 2.24) is 10.2 Å². The fourth-order valence-electron chi connectivity index (χ4n) is 2.73. The highest BCUT2D eigenvalue weighted by Gasteiger charge is 2.24. The molecule has 0 heterocycles. The maximum absolute atomic E-state index is 5.54. The molecule has 0 rings (SSSR count). The van der Waals surface area contributed by atoms with E-state index in [2.05, 4.69) is 45.0 Å². The summed E-state index contributed by atoms with van der Waals surface area (Å²) in [6, 6.07) is 1.11. The molecule has 0 fully saturated rings. The van der Waals surface area contributed by atoms with Crippen molar-refractivity contribution in [3.8, 4) is 0 Å². The van der Waals surface area contributed by atoms with Gasteiger partial charge >= 0.3 is 0 Å². The Hall–Kier alpha value is -0.160. The molecule has 4 heteroatoms. The zero-order chi connectivity index (χ0) is 15.2. The van der Waals surface area contributed by atoms with E-state index in [9.17, 15) is 0 Å². The Kier molecular flexibility index (Phi) is 13.7. The largest absolute Gasteiger partial charge is 0.380 e. The maximum atomic E-state index is 5.54. The molecule has 0 aromatic rings. The summed E-state index contributed by atoms with van der Waals surface area (Å²) in [6.07, 6.45) is 3.59. The second kappa shape index (κ2) is 13.8. The standard InChI is InChI=1S/C16H36N2O2/c1-6-10-15(17-5)16(7-2)18(11-13-19-8-3)12-14-20-9-4/h15-17H,6-14H2,1-5H3. The summed E-state index contributed by atoms with van der Waals surface area (Å²) < 4.78 is 11.1. The molecular weight excluding hydrogens is 252 g/mol. The van der Waals surface area contributed by atoms with Gasteiger partial charge in [0.1, 0.15) is 0 Å². The molecule has 2 atom stereocenters. The molecule has 0 aliphatic heterocycles. The average molecular weight is 288 g/mol. The molecule has 0 spiro atoms. The lowest BCUT2D eigenvalue weighted by Gasteiger charge is -2.36. The average Bonchev–Trinajstić information content (AvgIpc) is 2.46. The van der Waals surface area contributed by atoms with E-state index in [4.69, 9.17) is 9.47 Å². The first-order valence-corrected chi connectivity index (χ1v) is 8.31. The zero-order valence-electron chi connectivity index (χ0n) is 14.3. The van der Waals surface area contributed by atoms with E-state index in [1.165, 1.54) is 12.8 Å². The molecule has 0 bridgehead atoms. The van der Waals surface area contributed by atoms with E-state index < -0.39 is 0 Å².